The molecule has 37 heavy (non-hydrogen) atoms. The van der Waals surface area contributed by atoms with Crippen LogP contribution in [-0.2, 0) is 10.1 Å². The predicted molar refractivity (Wildman–Crippen MR) is 142 cm³/mol. The van der Waals surface area contributed by atoms with E-state index >= 15 is 0 Å². The lowest BCUT2D eigenvalue weighted by Crippen LogP contribution is -2.12. The van der Waals surface area contributed by atoms with Crippen molar-refractivity contribution in [2.75, 3.05) is 12.4 Å². The van der Waals surface area contributed by atoms with Gasteiger partial charge >= 0.3 is 0 Å². The van der Waals surface area contributed by atoms with Crippen LogP contribution in [0.5, 0.6) is 11.5 Å². The molecule has 0 spiro atoms. The minimum absolute atomic E-state index is 0.0991. The number of hydrogen-bond acceptors (Lipinski definition) is 7. The van der Waals surface area contributed by atoms with Crippen molar-refractivity contribution in [3.8, 4) is 11.5 Å². The number of rotatable bonds is 6. The normalized spacial score (nSPS) is 11.7. The molecular weight excluding hydrogens is 541 g/mol. The summed E-state index contributed by atoms with van der Waals surface area (Å²) >= 11 is 12.4. The number of ether oxygens (including phenoxy) is 1. The van der Waals surface area contributed by atoms with Crippen LogP contribution in [0.1, 0.15) is 15.9 Å². The molecule has 0 saturated heterocycles. The van der Waals surface area contributed by atoms with Gasteiger partial charge in [-0.25, -0.2) is 0 Å². The highest BCUT2D eigenvalue weighted by Crippen LogP contribution is 2.41. The molecule has 3 N–H and O–H groups in total. The molecule has 0 atom stereocenters. The van der Waals surface area contributed by atoms with Gasteiger partial charge in [0.25, 0.3) is 16.0 Å². The highest BCUT2D eigenvalue weighted by atomic mass is 35.5. The van der Waals surface area contributed by atoms with E-state index in [1.807, 2.05) is 0 Å². The lowest BCUT2D eigenvalue weighted by molar-refractivity contribution is 0.102. The number of anilines is 1. The maximum atomic E-state index is 13.2. The molecule has 0 aliphatic rings. The Morgan fingerprint density at radius 3 is 2.46 bits per heavy atom. The third-order valence-corrected chi connectivity index (χ3v) is 7.13. The fourth-order valence-electron chi connectivity index (χ4n) is 3.58. The lowest BCUT2D eigenvalue weighted by Gasteiger charge is -2.13. The van der Waals surface area contributed by atoms with E-state index in [9.17, 15) is 22.9 Å². The van der Waals surface area contributed by atoms with Gasteiger partial charge in [-0.15, -0.1) is 10.2 Å². The van der Waals surface area contributed by atoms with E-state index in [1.165, 1.54) is 19.2 Å². The summed E-state index contributed by atoms with van der Waals surface area (Å²) in [4.78, 5) is 12.6. The molecule has 0 saturated carbocycles. The molecule has 0 heterocycles. The van der Waals surface area contributed by atoms with Crippen molar-refractivity contribution in [3.63, 3.8) is 0 Å². The minimum Gasteiger partial charge on any atom is -0.505 e. The molecule has 0 unspecified atom stereocenters. The number of benzene rings is 4. The van der Waals surface area contributed by atoms with Gasteiger partial charge in [0.05, 0.1) is 18.4 Å². The number of fused-ring (bicyclic) bond motifs is 1. The van der Waals surface area contributed by atoms with Crippen LogP contribution in [-0.4, -0.2) is 31.1 Å². The molecule has 0 aliphatic heterocycles. The van der Waals surface area contributed by atoms with E-state index in [0.717, 1.165) is 6.07 Å². The van der Waals surface area contributed by atoms with Crippen molar-refractivity contribution in [2.45, 2.75) is 11.8 Å². The Balaban J connectivity index is 1.84. The van der Waals surface area contributed by atoms with Crippen molar-refractivity contribution >= 4 is 67.1 Å². The Hall–Kier alpha value is -3.70. The summed E-state index contributed by atoms with van der Waals surface area (Å²) < 4.78 is 38.6. The number of carbonyl (C=O) groups is 1. The van der Waals surface area contributed by atoms with E-state index < -0.39 is 26.7 Å². The van der Waals surface area contributed by atoms with Crippen molar-refractivity contribution in [1.82, 2.24) is 0 Å². The van der Waals surface area contributed by atoms with Gasteiger partial charge in [0.15, 0.2) is 5.75 Å². The van der Waals surface area contributed by atoms with Crippen molar-refractivity contribution in [3.05, 3.63) is 81.8 Å². The van der Waals surface area contributed by atoms with Gasteiger partial charge in [-0.05, 0) is 48.2 Å². The standard InChI is InChI=1S/C25H19Cl2N3O6S/c1-13-10-21(37(33,34)35)19(12-17(13)26)29-30-23-15-7-4-3-6-14(15)11-16(24(23)31)25(32)28-18-8-5-9-20(36-2)22(18)27/h3-12,31H,1-2H3,(H,28,32)(H,33,34,35). The van der Waals surface area contributed by atoms with Gasteiger partial charge in [-0.2, -0.15) is 8.42 Å². The smallest absolute Gasteiger partial charge is 0.296 e. The predicted octanol–water partition coefficient (Wildman–Crippen LogP) is 7.08. The zero-order chi connectivity index (χ0) is 26.9. The van der Waals surface area contributed by atoms with E-state index in [-0.39, 0.29) is 32.7 Å². The van der Waals surface area contributed by atoms with Crippen LogP contribution in [0.15, 0.2) is 75.8 Å². The number of aryl methyl sites for hydroxylation is 1. The number of carbonyl (C=O) groups excluding carboxylic acids is 1. The first-order valence-corrected chi connectivity index (χ1v) is 12.8. The Bertz CT molecular complexity index is 1690. The number of amides is 1. The molecule has 0 fully saturated rings. The molecule has 4 aromatic carbocycles. The minimum atomic E-state index is -4.66. The Morgan fingerprint density at radius 1 is 1.03 bits per heavy atom. The maximum Gasteiger partial charge on any atom is 0.296 e. The van der Waals surface area contributed by atoms with Crippen molar-refractivity contribution < 1.29 is 27.6 Å². The number of nitrogens with zero attached hydrogens (tertiary/aromatic N) is 2. The molecule has 4 rings (SSSR count). The second-order valence-corrected chi connectivity index (χ2v) is 10.0. The molecule has 0 bridgehead atoms. The molecule has 0 aromatic heterocycles. The van der Waals surface area contributed by atoms with Crippen LogP contribution in [0, 0.1) is 6.92 Å². The molecule has 4 aromatic rings. The van der Waals surface area contributed by atoms with E-state index in [2.05, 4.69) is 15.5 Å². The lowest BCUT2D eigenvalue weighted by atomic mass is 10.0. The SMILES string of the molecule is COc1cccc(NC(=O)c2cc3ccccc3c(N=Nc3cc(Cl)c(C)cc3S(=O)(=O)O)c2O)c1Cl. The summed E-state index contributed by atoms with van der Waals surface area (Å²) in [5.74, 6) is -0.847. The second kappa shape index (κ2) is 10.3. The van der Waals surface area contributed by atoms with Crippen LogP contribution in [0.3, 0.4) is 0 Å². The number of phenols is 1. The van der Waals surface area contributed by atoms with Gasteiger partial charge < -0.3 is 15.2 Å². The first-order chi connectivity index (χ1) is 17.5. The molecule has 0 radical (unpaired) electrons. The number of aromatic hydroxyl groups is 1. The zero-order valence-electron chi connectivity index (χ0n) is 19.4. The average Bonchev–Trinajstić information content (AvgIpc) is 2.85. The van der Waals surface area contributed by atoms with Crippen LogP contribution < -0.4 is 10.1 Å². The first kappa shape index (κ1) is 26.4. The van der Waals surface area contributed by atoms with Gasteiger partial charge in [-0.1, -0.05) is 53.5 Å². The van der Waals surface area contributed by atoms with Gasteiger partial charge in [0, 0.05) is 10.4 Å². The molecular formula is C25H19Cl2N3O6S. The first-order valence-electron chi connectivity index (χ1n) is 10.6. The van der Waals surface area contributed by atoms with Gasteiger partial charge in [0.2, 0.25) is 0 Å². The van der Waals surface area contributed by atoms with Crippen LogP contribution in [0.4, 0.5) is 17.1 Å². The number of hydrogen-bond donors (Lipinski definition) is 3. The topological polar surface area (TPSA) is 138 Å². The molecule has 9 nitrogen and oxygen atoms in total. The number of halogens is 2. The number of phenolic OH excluding ortho intramolecular Hbond substituents is 1. The van der Waals surface area contributed by atoms with Crippen LogP contribution >= 0.6 is 23.2 Å². The Morgan fingerprint density at radius 2 is 1.76 bits per heavy atom. The average molecular weight is 560 g/mol. The molecule has 0 aliphatic carbocycles. The number of nitrogens with one attached hydrogen (secondary N) is 1. The monoisotopic (exact) mass is 559 g/mol. The van der Waals surface area contributed by atoms with E-state index in [1.54, 1.807) is 49.4 Å². The highest BCUT2D eigenvalue weighted by molar-refractivity contribution is 7.86. The summed E-state index contributed by atoms with van der Waals surface area (Å²) in [6.45, 7) is 1.56. The highest BCUT2D eigenvalue weighted by Gasteiger charge is 2.21. The van der Waals surface area contributed by atoms with Crippen LogP contribution in [0.2, 0.25) is 10.0 Å². The summed E-state index contributed by atoms with van der Waals surface area (Å²) in [5.41, 5.74) is 0.173. The largest absolute Gasteiger partial charge is 0.505 e. The molecule has 1 amide bonds. The van der Waals surface area contributed by atoms with Gasteiger partial charge in [-0.3, -0.25) is 9.35 Å². The quantitative estimate of drug-likeness (QED) is 0.170. The third-order valence-electron chi connectivity index (χ3n) is 5.45. The Kier molecular flexibility index (Phi) is 7.37. The van der Waals surface area contributed by atoms with Crippen molar-refractivity contribution in [2.24, 2.45) is 10.2 Å². The maximum absolute atomic E-state index is 13.2. The molecule has 12 heteroatoms. The van der Waals surface area contributed by atoms with E-state index in [0.29, 0.717) is 22.1 Å². The Labute approximate surface area is 222 Å². The summed E-state index contributed by atoms with van der Waals surface area (Å²) in [6, 6.07) is 15.5. The second-order valence-electron chi connectivity index (χ2n) is 7.86. The summed E-state index contributed by atoms with van der Waals surface area (Å²) in [7, 11) is -3.22. The summed E-state index contributed by atoms with van der Waals surface area (Å²) in [5, 5.41) is 23.0. The fraction of sp³-hybridized carbons (Fsp3) is 0.0800. The zero-order valence-corrected chi connectivity index (χ0v) is 21.7. The van der Waals surface area contributed by atoms with E-state index in [4.69, 9.17) is 27.9 Å². The number of methoxy groups -OCH3 is 1. The van der Waals surface area contributed by atoms with Gasteiger partial charge in [0.1, 0.15) is 27.0 Å². The number of azo groups is 1. The fourth-order valence-corrected chi connectivity index (χ4v) is 4.68. The van der Waals surface area contributed by atoms with Crippen molar-refractivity contribution in [1.29, 1.82) is 0 Å². The third kappa shape index (κ3) is 5.37. The molecule has 190 valence electrons. The van der Waals surface area contributed by atoms with Crippen LogP contribution in [0.25, 0.3) is 10.8 Å². The summed E-state index contributed by atoms with van der Waals surface area (Å²) in [6.07, 6.45) is 0.